The summed E-state index contributed by atoms with van der Waals surface area (Å²) >= 11 is 1.77. The van der Waals surface area contributed by atoms with Crippen LogP contribution in [0, 0.1) is 0 Å². The van der Waals surface area contributed by atoms with Crippen LogP contribution >= 0.6 is 11.8 Å². The summed E-state index contributed by atoms with van der Waals surface area (Å²) in [6.07, 6.45) is -0.0642. The van der Waals surface area contributed by atoms with Gasteiger partial charge in [0.1, 0.15) is 0 Å². The fraction of sp³-hybridized carbons (Fsp3) is 0.179. The highest BCUT2D eigenvalue weighted by Crippen LogP contribution is 2.40. The van der Waals surface area contributed by atoms with Crippen molar-refractivity contribution in [2.75, 3.05) is 5.75 Å². The van der Waals surface area contributed by atoms with Crippen molar-refractivity contribution in [3.8, 4) is 11.1 Å². The molecule has 6 nitrogen and oxygen atoms in total. The highest BCUT2D eigenvalue weighted by Gasteiger charge is 2.35. The second-order valence-electron chi connectivity index (χ2n) is 11.5. The minimum absolute atomic E-state index is 0.000169. The first-order chi connectivity index (χ1) is 22.6. The zero-order valence-electron chi connectivity index (χ0n) is 25.1. The smallest absolute Gasteiger partial charge is 0.261 e. The molecule has 1 saturated heterocycles. The number of carbonyl (C=O) groups excluding carboxylic acids is 2. The van der Waals surface area contributed by atoms with E-state index in [9.17, 15) is 14.7 Å². The van der Waals surface area contributed by atoms with Crippen LogP contribution in [0.3, 0.4) is 0 Å². The molecule has 1 fully saturated rings. The third-order valence-corrected chi connectivity index (χ3v) is 9.58. The van der Waals surface area contributed by atoms with E-state index in [0.717, 1.165) is 39.1 Å². The lowest BCUT2D eigenvalue weighted by Crippen LogP contribution is -2.31. The van der Waals surface area contributed by atoms with E-state index in [1.165, 1.54) is 9.80 Å². The summed E-state index contributed by atoms with van der Waals surface area (Å²) in [4.78, 5) is 28.4. The fourth-order valence-corrected chi connectivity index (χ4v) is 6.95. The molecule has 7 heteroatoms. The average Bonchev–Trinajstić information content (AvgIpc) is 3.36. The summed E-state index contributed by atoms with van der Waals surface area (Å²) in [5, 5.41) is 9.53. The SMILES string of the molecule is O=C1c2ccccc2C(=O)N1Cc1cccc(-c2cccc([C@@H]3O[C@H](CSc4ccccc4)C[C@H](c4ccc(CO)cc4)O3)c2)c1. The Bertz CT molecular complexity index is 1820. The van der Waals surface area contributed by atoms with E-state index in [1.807, 2.05) is 84.9 Å². The molecule has 230 valence electrons. The number of aliphatic hydroxyl groups is 1. The van der Waals surface area contributed by atoms with Crippen LogP contribution in [0.2, 0.25) is 0 Å². The van der Waals surface area contributed by atoms with Gasteiger partial charge >= 0.3 is 0 Å². The summed E-state index contributed by atoms with van der Waals surface area (Å²) < 4.78 is 13.2. The summed E-state index contributed by atoms with van der Waals surface area (Å²) in [6.45, 7) is 0.201. The van der Waals surface area contributed by atoms with Gasteiger partial charge in [0, 0.05) is 22.6 Å². The van der Waals surface area contributed by atoms with E-state index in [4.69, 9.17) is 9.47 Å². The maximum atomic E-state index is 13.0. The number of hydrogen-bond donors (Lipinski definition) is 1. The number of imide groups is 1. The van der Waals surface area contributed by atoms with Gasteiger partial charge in [0.05, 0.1) is 36.5 Å². The molecular weight excluding hydrogens is 594 g/mol. The predicted octanol–water partition coefficient (Wildman–Crippen LogP) is 7.98. The number of carbonyl (C=O) groups is 2. The molecule has 0 radical (unpaired) electrons. The number of thioether (sulfide) groups is 1. The molecule has 0 unspecified atom stereocenters. The van der Waals surface area contributed by atoms with E-state index in [2.05, 4.69) is 18.2 Å². The quantitative estimate of drug-likeness (QED) is 0.132. The molecule has 3 atom stereocenters. The summed E-state index contributed by atoms with van der Waals surface area (Å²) in [5.74, 6) is 0.259. The number of ether oxygens (including phenoxy) is 2. The van der Waals surface area contributed by atoms with Gasteiger partial charge in [-0.1, -0.05) is 91.0 Å². The molecule has 0 saturated carbocycles. The van der Waals surface area contributed by atoms with Gasteiger partial charge in [-0.05, 0) is 64.2 Å². The Kier molecular flexibility index (Phi) is 8.81. The Morgan fingerprint density at radius 1 is 0.674 bits per heavy atom. The number of aliphatic hydroxyl groups excluding tert-OH is 1. The van der Waals surface area contributed by atoms with Gasteiger partial charge < -0.3 is 14.6 Å². The number of fused-ring (bicyclic) bond motifs is 1. The van der Waals surface area contributed by atoms with Crippen molar-refractivity contribution >= 4 is 23.6 Å². The van der Waals surface area contributed by atoms with Crippen molar-refractivity contribution in [3.63, 3.8) is 0 Å². The van der Waals surface area contributed by atoms with Gasteiger partial charge in [-0.2, -0.15) is 0 Å². The second-order valence-corrected chi connectivity index (χ2v) is 12.6. The van der Waals surface area contributed by atoms with Crippen LogP contribution in [-0.4, -0.2) is 33.7 Å². The highest BCUT2D eigenvalue weighted by molar-refractivity contribution is 7.99. The zero-order valence-corrected chi connectivity index (χ0v) is 25.9. The largest absolute Gasteiger partial charge is 0.392 e. The predicted molar refractivity (Wildman–Crippen MR) is 178 cm³/mol. The molecule has 2 aliphatic heterocycles. The van der Waals surface area contributed by atoms with Crippen LogP contribution in [0.4, 0.5) is 0 Å². The maximum absolute atomic E-state index is 13.0. The van der Waals surface area contributed by atoms with Crippen LogP contribution in [0.15, 0.2) is 132 Å². The molecule has 2 heterocycles. The van der Waals surface area contributed by atoms with Gasteiger partial charge in [0.2, 0.25) is 0 Å². The molecule has 0 aliphatic carbocycles. The van der Waals surface area contributed by atoms with E-state index in [-0.39, 0.29) is 37.2 Å². The Morgan fingerprint density at radius 3 is 2.07 bits per heavy atom. The minimum atomic E-state index is -0.570. The average molecular weight is 628 g/mol. The summed E-state index contributed by atoms with van der Waals surface area (Å²) in [6, 6.07) is 41.3. The zero-order chi connectivity index (χ0) is 31.5. The Hall–Kier alpha value is -4.53. The third kappa shape index (κ3) is 6.41. The van der Waals surface area contributed by atoms with Crippen molar-refractivity contribution in [2.24, 2.45) is 0 Å². The van der Waals surface area contributed by atoms with Crippen LogP contribution in [-0.2, 0) is 22.6 Å². The van der Waals surface area contributed by atoms with Crippen molar-refractivity contribution in [3.05, 3.63) is 161 Å². The number of rotatable bonds is 9. The first-order valence-corrected chi connectivity index (χ1v) is 16.4. The van der Waals surface area contributed by atoms with E-state index < -0.39 is 6.29 Å². The van der Waals surface area contributed by atoms with Crippen LogP contribution in [0.1, 0.15) is 61.8 Å². The maximum Gasteiger partial charge on any atom is 0.261 e. The molecular formula is C39H33NO5S. The number of hydrogen-bond acceptors (Lipinski definition) is 6. The van der Waals surface area contributed by atoms with Crippen molar-refractivity contribution in [2.45, 2.75) is 43.0 Å². The molecule has 0 bridgehead atoms. The van der Waals surface area contributed by atoms with Gasteiger partial charge in [-0.3, -0.25) is 14.5 Å². The van der Waals surface area contributed by atoms with Crippen molar-refractivity contribution in [1.82, 2.24) is 4.90 Å². The first kappa shape index (κ1) is 30.1. The standard InChI is InChI=1S/C39H33NO5S/c41-24-26-16-18-28(19-17-26)36-22-32(25-46-33-12-2-1-3-13-33)44-39(45-36)31-11-7-10-30(21-31)29-9-6-8-27(20-29)23-40-37(42)34-14-4-5-15-35(34)38(40)43/h1-21,32,36,39,41H,22-25H2/t32-,36+,39+/m0/s1. The Morgan fingerprint density at radius 2 is 1.35 bits per heavy atom. The van der Waals surface area contributed by atoms with Crippen LogP contribution in [0.25, 0.3) is 11.1 Å². The molecule has 46 heavy (non-hydrogen) atoms. The normalized spacial score (nSPS) is 19.3. The first-order valence-electron chi connectivity index (χ1n) is 15.4. The summed E-state index contributed by atoms with van der Waals surface area (Å²) in [5.41, 5.74) is 6.55. The fourth-order valence-electron chi connectivity index (χ4n) is 6.01. The molecule has 2 amide bonds. The van der Waals surface area contributed by atoms with Gasteiger partial charge in [0.25, 0.3) is 11.8 Å². The Labute approximate surface area is 272 Å². The number of benzene rings is 5. The van der Waals surface area contributed by atoms with E-state index >= 15 is 0 Å². The van der Waals surface area contributed by atoms with Gasteiger partial charge in [0.15, 0.2) is 6.29 Å². The lowest BCUT2D eigenvalue weighted by Gasteiger charge is -2.36. The molecule has 2 aliphatic rings. The molecule has 0 spiro atoms. The Balaban J connectivity index is 1.12. The molecule has 1 N–H and O–H groups in total. The molecule has 5 aromatic carbocycles. The van der Waals surface area contributed by atoms with E-state index in [1.54, 1.807) is 36.0 Å². The van der Waals surface area contributed by atoms with E-state index in [0.29, 0.717) is 17.5 Å². The molecule has 0 aromatic heterocycles. The third-order valence-electron chi connectivity index (χ3n) is 8.43. The van der Waals surface area contributed by atoms with Gasteiger partial charge in [-0.15, -0.1) is 11.8 Å². The number of amides is 2. The molecule has 7 rings (SSSR count). The second kappa shape index (κ2) is 13.4. The lowest BCUT2D eigenvalue weighted by atomic mass is 9.99. The lowest BCUT2D eigenvalue weighted by molar-refractivity contribution is -0.245. The van der Waals surface area contributed by atoms with Crippen LogP contribution < -0.4 is 0 Å². The van der Waals surface area contributed by atoms with Crippen molar-refractivity contribution in [1.29, 1.82) is 0 Å². The monoisotopic (exact) mass is 627 g/mol. The summed E-state index contributed by atoms with van der Waals surface area (Å²) in [7, 11) is 0. The van der Waals surface area contributed by atoms with Gasteiger partial charge in [-0.25, -0.2) is 0 Å². The van der Waals surface area contributed by atoms with Crippen LogP contribution in [0.5, 0.6) is 0 Å². The number of nitrogens with zero attached hydrogens (tertiary/aromatic N) is 1. The highest BCUT2D eigenvalue weighted by atomic mass is 32.2. The minimum Gasteiger partial charge on any atom is -0.392 e. The topological polar surface area (TPSA) is 76.1 Å². The molecule has 5 aromatic rings. The van der Waals surface area contributed by atoms with Crippen molar-refractivity contribution < 1.29 is 24.2 Å².